The van der Waals surface area contributed by atoms with Crippen LogP contribution in [0, 0.1) is 0 Å². The fourth-order valence-corrected chi connectivity index (χ4v) is 2.33. The van der Waals surface area contributed by atoms with E-state index in [9.17, 15) is 19.2 Å². The van der Waals surface area contributed by atoms with Crippen LogP contribution < -0.4 is 21.5 Å². The van der Waals surface area contributed by atoms with Crippen LogP contribution in [0.1, 0.15) is 52.4 Å². The van der Waals surface area contributed by atoms with E-state index >= 15 is 0 Å². The number of rotatable bonds is 10. The summed E-state index contributed by atoms with van der Waals surface area (Å²) in [4.78, 5) is 46.2. The Kier molecular flexibility index (Phi) is 10.7. The molecule has 0 heterocycles. The Bertz CT molecular complexity index is 693. The van der Waals surface area contributed by atoms with Gasteiger partial charge in [0.1, 0.15) is 0 Å². The number of hydrogen-bond donors (Lipinski definition) is 4. The van der Waals surface area contributed by atoms with E-state index in [0.717, 1.165) is 11.4 Å². The van der Waals surface area contributed by atoms with E-state index in [0.29, 0.717) is 36.8 Å². The molecule has 164 valence electrons. The first kappa shape index (κ1) is 24.7. The second-order valence-electron chi connectivity index (χ2n) is 7.00. The Hall–Kier alpha value is -3.30. The smallest absolute Gasteiger partial charge is 0.246 e. The molecule has 0 aromatic rings. The molecule has 0 radical (unpaired) electrons. The average molecular weight is 418 g/mol. The molecule has 30 heavy (non-hydrogen) atoms. The lowest BCUT2D eigenvalue weighted by Gasteiger charge is -2.15. The van der Waals surface area contributed by atoms with Crippen LogP contribution in [0.5, 0.6) is 0 Å². The third-order valence-electron chi connectivity index (χ3n) is 4.13. The average Bonchev–Trinajstić information content (AvgIpc) is 2.71. The van der Waals surface area contributed by atoms with Gasteiger partial charge in [-0.25, -0.2) is 10.9 Å². The highest BCUT2D eigenvalue weighted by atomic mass is 16.2. The number of carbonyl (C=O) groups is 4. The lowest BCUT2D eigenvalue weighted by molar-refractivity contribution is -0.122. The van der Waals surface area contributed by atoms with Crippen LogP contribution in [0.4, 0.5) is 0 Å². The van der Waals surface area contributed by atoms with Crippen molar-refractivity contribution in [3.63, 3.8) is 0 Å². The number of carbonyl (C=O) groups excluding carboxylic acids is 4. The van der Waals surface area contributed by atoms with Gasteiger partial charge < -0.3 is 10.6 Å². The number of hydrazone groups is 2. The Balaban J connectivity index is 2.25. The van der Waals surface area contributed by atoms with Crippen molar-refractivity contribution in [2.75, 3.05) is 13.1 Å². The van der Waals surface area contributed by atoms with Crippen LogP contribution >= 0.6 is 0 Å². The van der Waals surface area contributed by atoms with Crippen LogP contribution in [-0.2, 0) is 19.2 Å². The van der Waals surface area contributed by atoms with E-state index in [4.69, 9.17) is 0 Å². The second-order valence-corrected chi connectivity index (χ2v) is 7.00. The zero-order chi connectivity index (χ0) is 22.5. The Morgan fingerprint density at radius 1 is 0.733 bits per heavy atom. The Morgan fingerprint density at radius 2 is 1.07 bits per heavy atom. The summed E-state index contributed by atoms with van der Waals surface area (Å²) in [7, 11) is 0. The van der Waals surface area contributed by atoms with Crippen molar-refractivity contribution in [1.82, 2.24) is 21.5 Å². The normalized spacial score (nSPS) is 13.0. The van der Waals surface area contributed by atoms with Crippen molar-refractivity contribution in [2.45, 2.75) is 52.4 Å². The maximum absolute atomic E-state index is 11.8. The molecule has 0 aromatic carbocycles. The van der Waals surface area contributed by atoms with Gasteiger partial charge >= 0.3 is 0 Å². The summed E-state index contributed by atoms with van der Waals surface area (Å²) in [6.45, 7) is 10.7. The minimum Gasteiger partial charge on any atom is -0.352 e. The maximum atomic E-state index is 11.8. The van der Waals surface area contributed by atoms with Gasteiger partial charge in [-0.2, -0.15) is 10.2 Å². The highest BCUT2D eigenvalue weighted by Gasteiger charge is 2.14. The standard InChI is InChI=1S/C20H30N6O4/c1-13(2)19(29)21-11-9-17(27)25-23-15-5-7-16(8-6-15)24-26-18(28)10-12-22-20(30)14(3)4/h1,3,5-12H2,2,4H3,(H,21,29)(H,22,30)(H,25,27)(H,26,28). The zero-order valence-corrected chi connectivity index (χ0v) is 17.6. The first-order valence-corrected chi connectivity index (χ1v) is 9.75. The van der Waals surface area contributed by atoms with Gasteiger partial charge in [0.15, 0.2) is 0 Å². The van der Waals surface area contributed by atoms with E-state index in [2.05, 4.69) is 44.8 Å². The summed E-state index contributed by atoms with van der Waals surface area (Å²) < 4.78 is 0. The summed E-state index contributed by atoms with van der Waals surface area (Å²) in [6.07, 6.45) is 2.79. The molecule has 1 fully saturated rings. The number of amides is 4. The molecule has 0 saturated heterocycles. The molecule has 0 atom stereocenters. The fourth-order valence-electron chi connectivity index (χ4n) is 2.33. The van der Waals surface area contributed by atoms with Crippen molar-refractivity contribution in [3.8, 4) is 0 Å². The molecular weight excluding hydrogens is 388 g/mol. The first-order valence-electron chi connectivity index (χ1n) is 9.75. The van der Waals surface area contributed by atoms with Crippen LogP contribution in [0.25, 0.3) is 0 Å². The SMILES string of the molecule is C=C(C)C(=O)NCCC(=O)NN=C1CCC(=NNC(=O)CCNC(=O)C(=C)C)CC1. The van der Waals surface area contributed by atoms with Crippen molar-refractivity contribution in [3.05, 3.63) is 24.3 Å². The van der Waals surface area contributed by atoms with Crippen LogP contribution in [0.2, 0.25) is 0 Å². The minimum atomic E-state index is -0.282. The lowest BCUT2D eigenvalue weighted by atomic mass is 9.97. The predicted octanol–water partition coefficient (Wildman–Crippen LogP) is 0.670. The molecule has 10 heteroatoms. The van der Waals surface area contributed by atoms with Crippen molar-refractivity contribution >= 4 is 35.1 Å². The van der Waals surface area contributed by atoms with E-state index < -0.39 is 0 Å². The van der Waals surface area contributed by atoms with Gasteiger partial charge in [0.25, 0.3) is 0 Å². The van der Waals surface area contributed by atoms with E-state index in [1.807, 2.05) is 0 Å². The van der Waals surface area contributed by atoms with E-state index in [-0.39, 0.29) is 49.6 Å². The highest BCUT2D eigenvalue weighted by molar-refractivity contribution is 5.99. The maximum Gasteiger partial charge on any atom is 0.246 e. The van der Waals surface area contributed by atoms with Crippen LogP contribution in [0.15, 0.2) is 34.5 Å². The van der Waals surface area contributed by atoms with E-state index in [1.54, 1.807) is 13.8 Å². The second kappa shape index (κ2) is 13.0. The van der Waals surface area contributed by atoms with Gasteiger partial charge in [-0.1, -0.05) is 13.2 Å². The lowest BCUT2D eigenvalue weighted by Crippen LogP contribution is -2.30. The fraction of sp³-hybridized carbons (Fsp3) is 0.500. The molecule has 0 spiro atoms. The topological polar surface area (TPSA) is 141 Å². The zero-order valence-electron chi connectivity index (χ0n) is 17.6. The van der Waals surface area contributed by atoms with Crippen molar-refractivity contribution < 1.29 is 19.2 Å². The number of hydrogen-bond acceptors (Lipinski definition) is 6. The van der Waals surface area contributed by atoms with Gasteiger partial charge in [-0.05, 0) is 39.5 Å². The third kappa shape index (κ3) is 10.3. The van der Waals surface area contributed by atoms with Gasteiger partial charge in [0.2, 0.25) is 23.6 Å². The summed E-state index contributed by atoms with van der Waals surface area (Å²) in [5, 5.41) is 13.4. The summed E-state index contributed by atoms with van der Waals surface area (Å²) >= 11 is 0. The van der Waals surface area contributed by atoms with Gasteiger partial charge in [-0.15, -0.1) is 0 Å². The molecular formula is C20H30N6O4. The van der Waals surface area contributed by atoms with Crippen molar-refractivity contribution in [1.29, 1.82) is 0 Å². The predicted molar refractivity (Wildman–Crippen MR) is 115 cm³/mol. The molecule has 10 nitrogen and oxygen atoms in total. The summed E-state index contributed by atoms with van der Waals surface area (Å²) in [6, 6.07) is 0. The number of nitrogens with zero attached hydrogens (tertiary/aromatic N) is 2. The van der Waals surface area contributed by atoms with Gasteiger partial charge in [0.05, 0.1) is 0 Å². The number of nitrogens with one attached hydrogen (secondary N) is 4. The summed E-state index contributed by atoms with van der Waals surface area (Å²) in [5.41, 5.74) is 7.45. The molecule has 0 aromatic heterocycles. The molecule has 1 saturated carbocycles. The molecule has 0 aliphatic heterocycles. The van der Waals surface area contributed by atoms with Gasteiger partial charge in [0, 0.05) is 48.5 Å². The van der Waals surface area contributed by atoms with E-state index in [1.165, 1.54) is 0 Å². The monoisotopic (exact) mass is 418 g/mol. The van der Waals surface area contributed by atoms with Gasteiger partial charge in [-0.3, -0.25) is 19.2 Å². The van der Waals surface area contributed by atoms with Crippen molar-refractivity contribution in [2.24, 2.45) is 10.2 Å². The molecule has 1 aliphatic rings. The molecule has 1 rings (SSSR count). The largest absolute Gasteiger partial charge is 0.352 e. The van der Waals surface area contributed by atoms with Crippen LogP contribution in [0.3, 0.4) is 0 Å². The molecule has 0 bridgehead atoms. The molecule has 1 aliphatic carbocycles. The van der Waals surface area contributed by atoms with Crippen LogP contribution in [-0.4, -0.2) is 48.1 Å². The highest BCUT2D eigenvalue weighted by Crippen LogP contribution is 2.13. The molecule has 0 unspecified atom stereocenters. The minimum absolute atomic E-state index is 0.126. The third-order valence-corrected chi connectivity index (χ3v) is 4.13. The molecule has 4 amide bonds. The quantitative estimate of drug-likeness (QED) is 0.306. The Labute approximate surface area is 176 Å². The first-order chi connectivity index (χ1) is 14.2. The summed E-state index contributed by atoms with van der Waals surface area (Å²) in [5.74, 6) is -1.13. The molecule has 4 N–H and O–H groups in total. The Morgan fingerprint density at radius 3 is 1.37 bits per heavy atom.